The van der Waals surface area contributed by atoms with E-state index < -0.39 is 0 Å². The van der Waals surface area contributed by atoms with E-state index in [1.807, 2.05) is 17.0 Å². The number of carbonyl (C=O) groups excluding carboxylic acids is 1. The standard InChI is InChI=1S/C21H27N3O/c1-4-18-7-9-19(10-8-18)22-21(25)24-13-11-23(12-14-24)20-15-16(2)5-6-17(20)3/h5-10,15H,4,11-14H2,1-3H3,(H,22,25). The van der Waals surface area contributed by atoms with Crippen molar-refractivity contribution in [3.8, 4) is 0 Å². The Balaban J connectivity index is 1.57. The summed E-state index contributed by atoms with van der Waals surface area (Å²) in [5.41, 5.74) is 5.99. The highest BCUT2D eigenvalue weighted by Gasteiger charge is 2.22. The first-order chi connectivity index (χ1) is 12.1. The fraction of sp³-hybridized carbons (Fsp3) is 0.381. The lowest BCUT2D eigenvalue weighted by Gasteiger charge is -2.36. The Bertz CT molecular complexity index is 731. The number of urea groups is 1. The van der Waals surface area contributed by atoms with E-state index in [4.69, 9.17) is 0 Å². The normalized spacial score (nSPS) is 14.5. The van der Waals surface area contributed by atoms with E-state index in [-0.39, 0.29) is 6.03 Å². The maximum absolute atomic E-state index is 12.5. The molecule has 0 radical (unpaired) electrons. The number of amides is 2. The molecule has 25 heavy (non-hydrogen) atoms. The van der Waals surface area contributed by atoms with Gasteiger partial charge in [0.25, 0.3) is 0 Å². The van der Waals surface area contributed by atoms with Crippen LogP contribution < -0.4 is 10.2 Å². The van der Waals surface area contributed by atoms with Crippen LogP contribution >= 0.6 is 0 Å². The lowest BCUT2D eigenvalue weighted by Crippen LogP contribution is -2.50. The summed E-state index contributed by atoms with van der Waals surface area (Å²) >= 11 is 0. The molecular weight excluding hydrogens is 310 g/mol. The van der Waals surface area contributed by atoms with Crippen LogP contribution in [0.15, 0.2) is 42.5 Å². The van der Waals surface area contributed by atoms with Crippen LogP contribution in [0.1, 0.15) is 23.6 Å². The first-order valence-electron chi connectivity index (χ1n) is 9.04. The van der Waals surface area contributed by atoms with Gasteiger partial charge in [-0.15, -0.1) is 0 Å². The summed E-state index contributed by atoms with van der Waals surface area (Å²) in [4.78, 5) is 16.8. The molecule has 1 saturated heterocycles. The van der Waals surface area contributed by atoms with Crippen LogP contribution in [-0.4, -0.2) is 37.1 Å². The molecule has 2 amide bonds. The second kappa shape index (κ2) is 7.60. The van der Waals surface area contributed by atoms with Crippen molar-refractivity contribution in [2.45, 2.75) is 27.2 Å². The molecule has 0 bridgehead atoms. The smallest absolute Gasteiger partial charge is 0.321 e. The Morgan fingerprint density at radius 1 is 1.00 bits per heavy atom. The van der Waals surface area contributed by atoms with E-state index in [0.29, 0.717) is 0 Å². The average Bonchev–Trinajstić information content (AvgIpc) is 2.64. The third-order valence-corrected chi connectivity index (χ3v) is 4.89. The molecule has 4 nitrogen and oxygen atoms in total. The number of benzene rings is 2. The Kier molecular flexibility index (Phi) is 5.27. The van der Waals surface area contributed by atoms with Crippen molar-refractivity contribution < 1.29 is 4.79 Å². The zero-order valence-electron chi connectivity index (χ0n) is 15.4. The number of nitrogens with zero attached hydrogens (tertiary/aromatic N) is 2. The van der Waals surface area contributed by atoms with E-state index in [2.05, 4.69) is 61.3 Å². The summed E-state index contributed by atoms with van der Waals surface area (Å²) < 4.78 is 0. The monoisotopic (exact) mass is 337 g/mol. The highest BCUT2D eigenvalue weighted by Crippen LogP contribution is 2.23. The van der Waals surface area contributed by atoms with Gasteiger partial charge in [-0.2, -0.15) is 0 Å². The van der Waals surface area contributed by atoms with Crippen LogP contribution in [0.3, 0.4) is 0 Å². The summed E-state index contributed by atoms with van der Waals surface area (Å²) in [5, 5.41) is 3.01. The van der Waals surface area contributed by atoms with Gasteiger partial charge >= 0.3 is 6.03 Å². The summed E-state index contributed by atoms with van der Waals surface area (Å²) in [5.74, 6) is 0. The molecule has 1 aliphatic heterocycles. The number of aryl methyl sites for hydroxylation is 3. The van der Waals surface area contributed by atoms with Crippen molar-refractivity contribution in [2.24, 2.45) is 0 Å². The molecule has 0 atom stereocenters. The summed E-state index contributed by atoms with van der Waals surface area (Å²) in [7, 11) is 0. The molecule has 132 valence electrons. The molecule has 0 unspecified atom stereocenters. The first kappa shape index (κ1) is 17.3. The molecule has 2 aromatic rings. The Morgan fingerprint density at radius 2 is 1.68 bits per heavy atom. The number of anilines is 2. The van der Waals surface area contributed by atoms with Crippen LogP contribution in [-0.2, 0) is 6.42 Å². The first-order valence-corrected chi connectivity index (χ1v) is 9.04. The van der Waals surface area contributed by atoms with Crippen molar-refractivity contribution in [3.05, 3.63) is 59.2 Å². The quantitative estimate of drug-likeness (QED) is 0.910. The number of hydrogen-bond acceptors (Lipinski definition) is 2. The predicted octanol–water partition coefficient (Wildman–Crippen LogP) is 4.22. The van der Waals surface area contributed by atoms with Crippen LogP contribution in [0.5, 0.6) is 0 Å². The van der Waals surface area contributed by atoms with Gasteiger partial charge in [0.2, 0.25) is 0 Å². The average molecular weight is 337 g/mol. The van der Waals surface area contributed by atoms with Crippen molar-refractivity contribution >= 4 is 17.4 Å². The lowest BCUT2D eigenvalue weighted by molar-refractivity contribution is 0.208. The fourth-order valence-electron chi connectivity index (χ4n) is 3.24. The topological polar surface area (TPSA) is 35.6 Å². The largest absolute Gasteiger partial charge is 0.368 e. The van der Waals surface area contributed by atoms with Gasteiger partial charge in [0, 0.05) is 37.6 Å². The minimum absolute atomic E-state index is 0.00939. The van der Waals surface area contributed by atoms with Crippen LogP contribution in [0.4, 0.5) is 16.2 Å². The van der Waals surface area contributed by atoms with Gasteiger partial charge in [-0.25, -0.2) is 4.79 Å². The number of hydrogen-bond donors (Lipinski definition) is 1. The molecule has 1 heterocycles. The second-order valence-electron chi connectivity index (χ2n) is 6.74. The highest BCUT2D eigenvalue weighted by molar-refractivity contribution is 5.89. The molecule has 0 aliphatic carbocycles. The summed E-state index contributed by atoms with van der Waals surface area (Å²) in [6.07, 6.45) is 1.01. The van der Waals surface area contributed by atoms with Gasteiger partial charge in [-0.05, 0) is 55.2 Å². The predicted molar refractivity (Wildman–Crippen MR) is 105 cm³/mol. The van der Waals surface area contributed by atoms with Gasteiger partial charge in [0.05, 0.1) is 0 Å². The molecule has 0 spiro atoms. The highest BCUT2D eigenvalue weighted by atomic mass is 16.2. The lowest BCUT2D eigenvalue weighted by atomic mass is 10.1. The SMILES string of the molecule is CCc1ccc(NC(=O)N2CCN(c3cc(C)ccc3C)CC2)cc1. The second-order valence-corrected chi connectivity index (χ2v) is 6.74. The van der Waals surface area contributed by atoms with Crippen molar-refractivity contribution in [1.82, 2.24) is 4.90 Å². The van der Waals surface area contributed by atoms with E-state index in [1.54, 1.807) is 0 Å². The molecule has 0 aromatic heterocycles. The van der Waals surface area contributed by atoms with Gasteiger partial charge in [-0.3, -0.25) is 0 Å². The summed E-state index contributed by atoms with van der Waals surface area (Å²) in [6, 6.07) is 14.6. The zero-order chi connectivity index (χ0) is 17.8. The zero-order valence-corrected chi connectivity index (χ0v) is 15.4. The van der Waals surface area contributed by atoms with Crippen LogP contribution in [0, 0.1) is 13.8 Å². The van der Waals surface area contributed by atoms with Crippen LogP contribution in [0.2, 0.25) is 0 Å². The maximum atomic E-state index is 12.5. The molecule has 1 N–H and O–H groups in total. The minimum atomic E-state index is -0.00939. The van der Waals surface area contributed by atoms with E-state index in [1.165, 1.54) is 22.4 Å². The maximum Gasteiger partial charge on any atom is 0.321 e. The summed E-state index contributed by atoms with van der Waals surface area (Å²) in [6.45, 7) is 9.62. The number of rotatable bonds is 3. The Hall–Kier alpha value is -2.49. The van der Waals surface area contributed by atoms with E-state index in [0.717, 1.165) is 38.3 Å². The molecule has 1 fully saturated rings. The molecule has 2 aromatic carbocycles. The van der Waals surface area contributed by atoms with Gasteiger partial charge in [0.1, 0.15) is 0 Å². The van der Waals surface area contributed by atoms with Crippen molar-refractivity contribution in [2.75, 3.05) is 36.4 Å². The third kappa shape index (κ3) is 4.13. The van der Waals surface area contributed by atoms with Gasteiger partial charge in [0.15, 0.2) is 0 Å². The molecule has 4 heteroatoms. The molecular formula is C21H27N3O. The Morgan fingerprint density at radius 3 is 2.32 bits per heavy atom. The van der Waals surface area contributed by atoms with Gasteiger partial charge < -0.3 is 15.1 Å². The number of carbonyl (C=O) groups is 1. The van der Waals surface area contributed by atoms with E-state index >= 15 is 0 Å². The van der Waals surface area contributed by atoms with Crippen LogP contribution in [0.25, 0.3) is 0 Å². The van der Waals surface area contributed by atoms with Crippen molar-refractivity contribution in [3.63, 3.8) is 0 Å². The Labute approximate surface area is 150 Å². The third-order valence-electron chi connectivity index (χ3n) is 4.89. The minimum Gasteiger partial charge on any atom is -0.368 e. The fourth-order valence-corrected chi connectivity index (χ4v) is 3.24. The number of nitrogens with one attached hydrogen (secondary N) is 1. The number of piperazine rings is 1. The molecule has 0 saturated carbocycles. The van der Waals surface area contributed by atoms with Crippen molar-refractivity contribution in [1.29, 1.82) is 0 Å². The van der Waals surface area contributed by atoms with E-state index in [9.17, 15) is 4.79 Å². The van der Waals surface area contributed by atoms with Gasteiger partial charge in [-0.1, -0.05) is 31.2 Å². The molecule has 3 rings (SSSR count). The molecule has 1 aliphatic rings.